The van der Waals surface area contributed by atoms with E-state index in [1.807, 2.05) is 30.3 Å². The lowest BCUT2D eigenvalue weighted by Crippen LogP contribution is -2.35. The van der Waals surface area contributed by atoms with Gasteiger partial charge in [0, 0.05) is 13.0 Å². The molecule has 1 aliphatic heterocycles. The molecule has 0 radical (unpaired) electrons. The second-order valence-electron chi connectivity index (χ2n) is 5.83. The molecule has 0 saturated carbocycles. The number of para-hydroxylation sites is 1. The predicted molar refractivity (Wildman–Crippen MR) is 89.0 cm³/mol. The highest BCUT2D eigenvalue weighted by Gasteiger charge is 2.16. The maximum absolute atomic E-state index is 12.3. The number of aryl methyl sites for hydroxylation is 1. The van der Waals surface area contributed by atoms with E-state index in [0.717, 1.165) is 37.3 Å². The van der Waals surface area contributed by atoms with Crippen LogP contribution in [0.4, 0.5) is 0 Å². The summed E-state index contributed by atoms with van der Waals surface area (Å²) in [4.78, 5) is 24.3. The Morgan fingerprint density at radius 1 is 1.21 bits per heavy atom. The predicted octanol–water partition coefficient (Wildman–Crippen LogP) is 0.966. The van der Waals surface area contributed by atoms with Crippen molar-refractivity contribution in [3.63, 3.8) is 0 Å². The number of amides is 1. The number of rotatable bonds is 6. The smallest absolute Gasteiger partial charge is 0.346 e. The first-order valence-electron chi connectivity index (χ1n) is 8.35. The molecule has 1 aromatic carbocycles. The largest absolute Gasteiger partial charge is 0.492 e. The van der Waals surface area contributed by atoms with E-state index in [2.05, 4.69) is 10.4 Å². The Kier molecular flexibility index (Phi) is 5.30. The van der Waals surface area contributed by atoms with Crippen molar-refractivity contribution in [2.45, 2.75) is 38.8 Å². The Hall–Kier alpha value is -2.57. The monoisotopic (exact) mass is 330 g/mol. The maximum atomic E-state index is 12.3. The van der Waals surface area contributed by atoms with Crippen LogP contribution in [0.25, 0.3) is 0 Å². The third-order valence-corrected chi connectivity index (χ3v) is 4.01. The number of carbonyl (C=O) groups is 1. The molecular weight excluding hydrogens is 308 g/mol. The van der Waals surface area contributed by atoms with Crippen molar-refractivity contribution in [2.75, 3.05) is 13.2 Å². The van der Waals surface area contributed by atoms with E-state index in [-0.39, 0.29) is 18.1 Å². The summed E-state index contributed by atoms with van der Waals surface area (Å²) in [6, 6.07) is 9.42. The summed E-state index contributed by atoms with van der Waals surface area (Å²) in [5, 5.41) is 7.05. The SMILES string of the molecule is O=C(Cn1nc2n(c1=O)CCCCC2)NCCOc1ccccc1. The van der Waals surface area contributed by atoms with Crippen molar-refractivity contribution in [1.82, 2.24) is 19.7 Å². The van der Waals surface area contributed by atoms with Crippen LogP contribution >= 0.6 is 0 Å². The zero-order valence-electron chi connectivity index (χ0n) is 13.6. The molecule has 7 nitrogen and oxygen atoms in total. The Morgan fingerprint density at radius 3 is 2.88 bits per heavy atom. The molecule has 7 heteroatoms. The van der Waals surface area contributed by atoms with Crippen molar-refractivity contribution in [2.24, 2.45) is 0 Å². The summed E-state index contributed by atoms with van der Waals surface area (Å²) >= 11 is 0. The van der Waals surface area contributed by atoms with Gasteiger partial charge in [-0.25, -0.2) is 9.48 Å². The van der Waals surface area contributed by atoms with Gasteiger partial charge < -0.3 is 10.1 Å². The Labute approximate surface area is 140 Å². The van der Waals surface area contributed by atoms with Crippen molar-refractivity contribution in [1.29, 1.82) is 0 Å². The lowest BCUT2D eigenvalue weighted by atomic mass is 10.2. The maximum Gasteiger partial charge on any atom is 0.346 e. The summed E-state index contributed by atoms with van der Waals surface area (Å²) in [5.74, 6) is 1.32. The van der Waals surface area contributed by atoms with E-state index in [4.69, 9.17) is 4.74 Å². The highest BCUT2D eigenvalue weighted by Crippen LogP contribution is 2.10. The number of aromatic nitrogens is 3. The van der Waals surface area contributed by atoms with E-state index in [9.17, 15) is 9.59 Å². The second-order valence-corrected chi connectivity index (χ2v) is 5.83. The Balaban J connectivity index is 1.48. The minimum atomic E-state index is -0.234. The van der Waals surface area contributed by atoms with Crippen LogP contribution < -0.4 is 15.7 Å². The Bertz CT molecular complexity index is 736. The molecule has 24 heavy (non-hydrogen) atoms. The van der Waals surface area contributed by atoms with Crippen LogP contribution in [0.1, 0.15) is 25.1 Å². The van der Waals surface area contributed by atoms with Crippen molar-refractivity contribution < 1.29 is 9.53 Å². The fraction of sp³-hybridized carbons (Fsp3) is 0.471. The topological polar surface area (TPSA) is 78.2 Å². The standard InChI is InChI=1S/C17H22N4O3/c22-16(18-10-12-24-14-7-3-1-4-8-14)13-21-17(23)20-11-6-2-5-9-15(20)19-21/h1,3-4,7-8H,2,5-6,9-13H2,(H,18,22). The molecule has 0 bridgehead atoms. The Morgan fingerprint density at radius 2 is 2.04 bits per heavy atom. The van der Waals surface area contributed by atoms with Gasteiger partial charge in [0.25, 0.3) is 0 Å². The van der Waals surface area contributed by atoms with Gasteiger partial charge >= 0.3 is 5.69 Å². The van der Waals surface area contributed by atoms with Gasteiger partial charge in [-0.2, -0.15) is 5.10 Å². The number of carbonyl (C=O) groups excluding carboxylic acids is 1. The van der Waals surface area contributed by atoms with Crippen LogP contribution in [0.15, 0.2) is 35.1 Å². The average Bonchev–Trinajstić information content (AvgIpc) is 2.77. The third kappa shape index (κ3) is 4.04. The van der Waals surface area contributed by atoms with Gasteiger partial charge in [0.1, 0.15) is 24.7 Å². The van der Waals surface area contributed by atoms with Crippen molar-refractivity contribution >= 4 is 5.91 Å². The average molecular weight is 330 g/mol. The third-order valence-electron chi connectivity index (χ3n) is 4.01. The first-order valence-corrected chi connectivity index (χ1v) is 8.35. The first-order chi connectivity index (χ1) is 11.7. The quantitative estimate of drug-likeness (QED) is 0.801. The summed E-state index contributed by atoms with van der Waals surface area (Å²) in [6.07, 6.45) is 3.95. The number of ether oxygens (including phenoxy) is 1. The summed E-state index contributed by atoms with van der Waals surface area (Å²) < 4.78 is 8.46. The zero-order chi connectivity index (χ0) is 16.8. The molecule has 0 unspecified atom stereocenters. The normalized spacial score (nSPS) is 13.8. The number of nitrogens with one attached hydrogen (secondary N) is 1. The molecule has 2 heterocycles. The van der Waals surface area contributed by atoms with E-state index in [0.29, 0.717) is 19.7 Å². The molecule has 0 aliphatic carbocycles. The van der Waals surface area contributed by atoms with Crippen LogP contribution in [0.3, 0.4) is 0 Å². The minimum Gasteiger partial charge on any atom is -0.492 e. The summed E-state index contributed by atoms with van der Waals surface area (Å²) in [6.45, 7) is 1.41. The minimum absolute atomic E-state index is 0.0514. The summed E-state index contributed by atoms with van der Waals surface area (Å²) in [7, 11) is 0. The van der Waals surface area contributed by atoms with Gasteiger partial charge in [-0.05, 0) is 25.0 Å². The molecule has 1 aliphatic rings. The number of hydrogen-bond acceptors (Lipinski definition) is 4. The highest BCUT2D eigenvalue weighted by atomic mass is 16.5. The second kappa shape index (κ2) is 7.81. The van der Waals surface area contributed by atoms with E-state index in [1.54, 1.807) is 4.57 Å². The van der Waals surface area contributed by atoms with Crippen LogP contribution in [0, 0.1) is 0 Å². The zero-order valence-corrected chi connectivity index (χ0v) is 13.6. The van der Waals surface area contributed by atoms with Crippen LogP contribution in [-0.4, -0.2) is 33.4 Å². The van der Waals surface area contributed by atoms with Crippen molar-refractivity contribution in [3.8, 4) is 5.75 Å². The lowest BCUT2D eigenvalue weighted by molar-refractivity contribution is -0.122. The lowest BCUT2D eigenvalue weighted by Gasteiger charge is -2.07. The molecule has 0 atom stereocenters. The summed E-state index contributed by atoms with van der Waals surface area (Å²) in [5.41, 5.74) is -0.192. The van der Waals surface area contributed by atoms with Gasteiger partial charge in [-0.15, -0.1) is 0 Å². The van der Waals surface area contributed by atoms with Gasteiger partial charge in [0.2, 0.25) is 5.91 Å². The molecule has 0 saturated heterocycles. The van der Waals surface area contributed by atoms with Gasteiger partial charge in [0.05, 0.1) is 6.54 Å². The molecule has 128 valence electrons. The first kappa shape index (κ1) is 16.3. The molecule has 0 fully saturated rings. The molecule has 1 N–H and O–H groups in total. The van der Waals surface area contributed by atoms with E-state index in [1.165, 1.54) is 4.68 Å². The fourth-order valence-electron chi connectivity index (χ4n) is 2.80. The number of benzene rings is 1. The van der Waals surface area contributed by atoms with Crippen LogP contribution in [-0.2, 0) is 24.3 Å². The molecule has 1 amide bonds. The number of fused-ring (bicyclic) bond motifs is 1. The number of nitrogens with zero attached hydrogens (tertiary/aromatic N) is 3. The van der Waals surface area contributed by atoms with E-state index >= 15 is 0 Å². The van der Waals surface area contributed by atoms with Crippen LogP contribution in [0.2, 0.25) is 0 Å². The highest BCUT2D eigenvalue weighted by molar-refractivity contribution is 5.75. The molecule has 0 spiro atoms. The van der Waals surface area contributed by atoms with E-state index < -0.39 is 0 Å². The fourth-order valence-corrected chi connectivity index (χ4v) is 2.80. The number of hydrogen-bond donors (Lipinski definition) is 1. The van der Waals surface area contributed by atoms with Crippen LogP contribution in [0.5, 0.6) is 5.75 Å². The molecular formula is C17H22N4O3. The van der Waals surface area contributed by atoms with Crippen molar-refractivity contribution in [3.05, 3.63) is 46.6 Å². The van der Waals surface area contributed by atoms with Gasteiger partial charge in [-0.3, -0.25) is 9.36 Å². The van der Waals surface area contributed by atoms with Gasteiger partial charge in [0.15, 0.2) is 0 Å². The molecule has 3 rings (SSSR count). The molecule has 1 aromatic heterocycles. The van der Waals surface area contributed by atoms with Gasteiger partial charge in [-0.1, -0.05) is 24.6 Å². The molecule has 2 aromatic rings.